The quantitative estimate of drug-likeness (QED) is 0.448. The van der Waals surface area contributed by atoms with Crippen molar-refractivity contribution in [3.8, 4) is 5.75 Å². The van der Waals surface area contributed by atoms with Crippen LogP contribution < -0.4 is 4.74 Å². The molecular formula is C10H8ClF5O4S. The summed E-state index contributed by atoms with van der Waals surface area (Å²) in [5, 5.41) is 0. The highest BCUT2D eigenvalue weighted by molar-refractivity contribution is 8.13. The topological polar surface area (TPSA) is 52.6 Å². The molecule has 0 aromatic heterocycles. The van der Waals surface area contributed by atoms with Crippen molar-refractivity contribution in [2.75, 3.05) is 19.8 Å². The van der Waals surface area contributed by atoms with Crippen molar-refractivity contribution < 1.29 is 39.8 Å². The Morgan fingerprint density at radius 3 is 2.29 bits per heavy atom. The molecule has 0 saturated heterocycles. The van der Waals surface area contributed by atoms with Crippen molar-refractivity contribution in [2.24, 2.45) is 0 Å². The third-order valence-corrected chi connectivity index (χ3v) is 3.30. The molecule has 0 fully saturated rings. The number of benzene rings is 1. The average Bonchev–Trinajstić information content (AvgIpc) is 2.27. The van der Waals surface area contributed by atoms with Gasteiger partial charge in [-0.1, -0.05) is 0 Å². The highest BCUT2D eigenvalue weighted by atomic mass is 35.7. The van der Waals surface area contributed by atoms with Crippen LogP contribution in [-0.4, -0.2) is 34.4 Å². The predicted octanol–water partition coefficient (Wildman–Crippen LogP) is 2.85. The van der Waals surface area contributed by atoms with Gasteiger partial charge in [0.1, 0.15) is 23.9 Å². The molecule has 0 amide bonds. The zero-order valence-electron chi connectivity index (χ0n) is 10.1. The van der Waals surface area contributed by atoms with E-state index in [1.807, 2.05) is 0 Å². The van der Waals surface area contributed by atoms with E-state index in [-0.39, 0.29) is 0 Å². The molecule has 0 N–H and O–H groups in total. The Bertz CT molecular complexity index is 602. The van der Waals surface area contributed by atoms with E-state index in [9.17, 15) is 30.4 Å². The van der Waals surface area contributed by atoms with E-state index < -0.39 is 57.3 Å². The van der Waals surface area contributed by atoms with Gasteiger partial charge in [-0.3, -0.25) is 0 Å². The van der Waals surface area contributed by atoms with Gasteiger partial charge in [-0.25, -0.2) is 17.2 Å². The standard InChI is InChI=1S/C10H8ClF5O4S/c11-21(17,18)8-4-6(12)3-7(13)9(8)20-2-1-19-5-10(14,15)16/h3-4H,1-2,5H2. The van der Waals surface area contributed by atoms with Crippen molar-refractivity contribution in [3.63, 3.8) is 0 Å². The fourth-order valence-electron chi connectivity index (χ4n) is 1.25. The van der Waals surface area contributed by atoms with Gasteiger partial charge in [0.2, 0.25) is 0 Å². The predicted molar refractivity (Wildman–Crippen MR) is 61.8 cm³/mol. The lowest BCUT2D eigenvalue weighted by Crippen LogP contribution is -2.19. The van der Waals surface area contributed by atoms with Gasteiger partial charge in [0, 0.05) is 16.7 Å². The Morgan fingerprint density at radius 1 is 1.14 bits per heavy atom. The van der Waals surface area contributed by atoms with Gasteiger partial charge in [0.15, 0.2) is 11.6 Å². The van der Waals surface area contributed by atoms with Gasteiger partial charge in [-0.15, -0.1) is 0 Å². The van der Waals surface area contributed by atoms with Gasteiger partial charge in [0.05, 0.1) is 6.61 Å². The van der Waals surface area contributed by atoms with Crippen LogP contribution in [-0.2, 0) is 13.8 Å². The monoisotopic (exact) mass is 354 g/mol. The average molecular weight is 355 g/mol. The summed E-state index contributed by atoms with van der Waals surface area (Å²) in [7, 11) is 0.488. The SMILES string of the molecule is O=S(=O)(Cl)c1cc(F)cc(F)c1OCCOCC(F)(F)F. The Hall–Kier alpha value is -1.13. The molecule has 120 valence electrons. The summed E-state index contributed by atoms with van der Waals surface area (Å²) in [5.74, 6) is -3.44. The molecule has 0 aliphatic carbocycles. The molecule has 0 bridgehead atoms. The lowest BCUT2D eigenvalue weighted by atomic mass is 10.3. The largest absolute Gasteiger partial charge is 0.487 e. The van der Waals surface area contributed by atoms with E-state index in [4.69, 9.17) is 10.7 Å². The minimum Gasteiger partial charge on any atom is -0.487 e. The Balaban J connectivity index is 2.75. The fourth-order valence-corrected chi connectivity index (χ4v) is 2.22. The fraction of sp³-hybridized carbons (Fsp3) is 0.400. The summed E-state index contributed by atoms with van der Waals surface area (Å²) in [6, 6.07) is 0.773. The van der Waals surface area contributed by atoms with Crippen LogP contribution in [0.3, 0.4) is 0 Å². The van der Waals surface area contributed by atoms with Crippen LogP contribution in [0.15, 0.2) is 17.0 Å². The summed E-state index contributed by atoms with van der Waals surface area (Å²) in [5.41, 5.74) is 0. The summed E-state index contributed by atoms with van der Waals surface area (Å²) < 4.78 is 92.8. The summed E-state index contributed by atoms with van der Waals surface area (Å²) in [4.78, 5) is -0.961. The molecule has 0 spiro atoms. The Kier molecular flexibility index (Phi) is 5.76. The first-order chi connectivity index (χ1) is 9.50. The van der Waals surface area contributed by atoms with Crippen LogP contribution in [0.2, 0.25) is 0 Å². The zero-order chi connectivity index (χ0) is 16.3. The number of hydrogen-bond donors (Lipinski definition) is 0. The van der Waals surface area contributed by atoms with E-state index in [1.165, 1.54) is 0 Å². The van der Waals surface area contributed by atoms with Crippen LogP contribution >= 0.6 is 10.7 Å². The van der Waals surface area contributed by atoms with Crippen LogP contribution in [0, 0.1) is 11.6 Å². The van der Waals surface area contributed by atoms with Crippen molar-refractivity contribution in [1.29, 1.82) is 0 Å². The van der Waals surface area contributed by atoms with Gasteiger partial charge in [-0.2, -0.15) is 13.2 Å². The molecule has 21 heavy (non-hydrogen) atoms. The minimum atomic E-state index is -4.54. The molecule has 11 heteroatoms. The first kappa shape index (κ1) is 17.9. The molecule has 0 atom stereocenters. The molecule has 4 nitrogen and oxygen atoms in total. The maximum atomic E-state index is 13.4. The summed E-state index contributed by atoms with van der Waals surface area (Å²) >= 11 is 0. The number of hydrogen-bond acceptors (Lipinski definition) is 4. The van der Waals surface area contributed by atoms with Crippen LogP contribution in [0.25, 0.3) is 0 Å². The van der Waals surface area contributed by atoms with E-state index in [0.29, 0.717) is 12.1 Å². The van der Waals surface area contributed by atoms with Gasteiger partial charge in [-0.05, 0) is 6.07 Å². The van der Waals surface area contributed by atoms with Gasteiger partial charge < -0.3 is 9.47 Å². The third kappa shape index (κ3) is 6.02. The van der Waals surface area contributed by atoms with Crippen molar-refractivity contribution in [2.45, 2.75) is 11.1 Å². The molecule has 0 saturated carbocycles. The number of rotatable bonds is 6. The van der Waals surface area contributed by atoms with E-state index in [0.717, 1.165) is 0 Å². The van der Waals surface area contributed by atoms with Crippen molar-refractivity contribution >= 4 is 19.7 Å². The highest BCUT2D eigenvalue weighted by Gasteiger charge is 2.27. The second-order valence-electron chi connectivity index (χ2n) is 3.67. The maximum Gasteiger partial charge on any atom is 0.411 e. The number of ether oxygens (including phenoxy) is 2. The molecule has 0 aliphatic rings. The first-order valence-corrected chi connectivity index (χ1v) is 7.52. The molecule has 0 radical (unpaired) electrons. The van der Waals surface area contributed by atoms with Crippen molar-refractivity contribution in [3.05, 3.63) is 23.8 Å². The number of alkyl halides is 3. The third-order valence-electron chi connectivity index (χ3n) is 1.98. The molecule has 0 aliphatic heterocycles. The van der Waals surface area contributed by atoms with Crippen LogP contribution in [0.5, 0.6) is 5.75 Å². The lowest BCUT2D eigenvalue weighted by molar-refractivity contribution is -0.175. The summed E-state index contributed by atoms with van der Waals surface area (Å²) in [6.45, 7) is -2.71. The smallest absolute Gasteiger partial charge is 0.411 e. The maximum absolute atomic E-state index is 13.4. The van der Waals surface area contributed by atoms with Gasteiger partial charge >= 0.3 is 6.18 Å². The van der Waals surface area contributed by atoms with Crippen LogP contribution in [0.1, 0.15) is 0 Å². The second-order valence-corrected chi connectivity index (χ2v) is 6.20. The van der Waals surface area contributed by atoms with E-state index in [2.05, 4.69) is 9.47 Å². The second kappa shape index (κ2) is 6.75. The molecule has 1 aromatic rings. The first-order valence-electron chi connectivity index (χ1n) is 5.22. The minimum absolute atomic E-state index is 0.345. The molecule has 0 unspecified atom stereocenters. The Morgan fingerprint density at radius 2 is 1.76 bits per heavy atom. The van der Waals surface area contributed by atoms with Crippen LogP contribution in [0.4, 0.5) is 22.0 Å². The molecule has 1 rings (SSSR count). The van der Waals surface area contributed by atoms with Crippen molar-refractivity contribution in [1.82, 2.24) is 0 Å². The normalized spacial score (nSPS) is 12.5. The van der Waals surface area contributed by atoms with E-state index >= 15 is 0 Å². The van der Waals surface area contributed by atoms with Gasteiger partial charge in [0.25, 0.3) is 9.05 Å². The zero-order valence-corrected chi connectivity index (χ0v) is 11.7. The summed E-state index contributed by atoms with van der Waals surface area (Å²) in [6.07, 6.45) is -4.54. The molecule has 0 heterocycles. The molecule has 1 aromatic carbocycles. The Labute approximate surface area is 120 Å². The highest BCUT2D eigenvalue weighted by Crippen LogP contribution is 2.30. The molecular weight excluding hydrogens is 347 g/mol. The van der Waals surface area contributed by atoms with E-state index in [1.54, 1.807) is 0 Å². The number of halogens is 6. The lowest BCUT2D eigenvalue weighted by Gasteiger charge is -2.12.